The molecule has 3 heterocycles. The highest BCUT2D eigenvalue weighted by atomic mass is 16.3. The van der Waals surface area contributed by atoms with Crippen LogP contribution in [0.5, 0.6) is 0 Å². The second-order valence-corrected chi connectivity index (χ2v) is 5.76. The Morgan fingerprint density at radius 3 is 2.82 bits per heavy atom. The first kappa shape index (κ1) is 13.3. The molecule has 1 saturated carbocycles. The zero-order valence-corrected chi connectivity index (χ0v) is 12.1. The van der Waals surface area contributed by atoms with Crippen molar-refractivity contribution in [3.63, 3.8) is 0 Å². The van der Waals surface area contributed by atoms with Gasteiger partial charge in [0.25, 0.3) is 0 Å². The monoisotopic (exact) mass is 298 g/mol. The number of nitrogens with one attached hydrogen (secondary N) is 1. The standard InChI is InChI=1S/C16H18N4O2/c21-12-5-3-11(4-6-12)18-15-7-8-16-17-10-13(20(16)19-15)14-2-1-9-22-14/h1-2,7-12,21H,3-6H2,(H,18,19). The van der Waals surface area contributed by atoms with Gasteiger partial charge in [0.15, 0.2) is 11.4 Å². The van der Waals surface area contributed by atoms with Gasteiger partial charge in [-0.25, -0.2) is 9.50 Å². The van der Waals surface area contributed by atoms with Crippen LogP contribution in [-0.4, -0.2) is 31.9 Å². The molecule has 2 N–H and O–H groups in total. The molecule has 114 valence electrons. The van der Waals surface area contributed by atoms with Crippen molar-refractivity contribution in [2.24, 2.45) is 0 Å². The number of fused-ring (bicyclic) bond motifs is 1. The van der Waals surface area contributed by atoms with Gasteiger partial charge in [-0.3, -0.25) is 0 Å². The van der Waals surface area contributed by atoms with Gasteiger partial charge in [0.1, 0.15) is 11.5 Å². The van der Waals surface area contributed by atoms with Crippen LogP contribution in [0, 0.1) is 0 Å². The average molecular weight is 298 g/mol. The third-order valence-corrected chi connectivity index (χ3v) is 4.18. The Morgan fingerprint density at radius 1 is 1.18 bits per heavy atom. The maximum absolute atomic E-state index is 9.58. The van der Waals surface area contributed by atoms with Gasteiger partial charge >= 0.3 is 0 Å². The Balaban J connectivity index is 1.61. The molecule has 0 unspecified atom stereocenters. The summed E-state index contributed by atoms with van der Waals surface area (Å²) in [6.07, 6.45) is 6.90. The van der Waals surface area contributed by atoms with E-state index in [9.17, 15) is 5.11 Å². The molecule has 0 aromatic carbocycles. The number of anilines is 1. The molecule has 0 bridgehead atoms. The first-order valence-electron chi connectivity index (χ1n) is 7.63. The number of nitrogens with zero attached hydrogens (tertiary/aromatic N) is 3. The number of hydrogen-bond donors (Lipinski definition) is 2. The second-order valence-electron chi connectivity index (χ2n) is 5.76. The number of aromatic nitrogens is 3. The summed E-state index contributed by atoms with van der Waals surface area (Å²) < 4.78 is 7.23. The minimum atomic E-state index is -0.146. The summed E-state index contributed by atoms with van der Waals surface area (Å²) in [5.74, 6) is 1.57. The van der Waals surface area contributed by atoms with Crippen LogP contribution in [0.25, 0.3) is 17.1 Å². The minimum Gasteiger partial charge on any atom is -0.463 e. The maximum Gasteiger partial charge on any atom is 0.154 e. The molecular formula is C16H18N4O2. The molecular weight excluding hydrogens is 280 g/mol. The van der Waals surface area contributed by atoms with Crippen molar-refractivity contribution in [3.8, 4) is 11.5 Å². The van der Waals surface area contributed by atoms with Gasteiger partial charge in [0.05, 0.1) is 18.6 Å². The number of furan rings is 1. The van der Waals surface area contributed by atoms with Gasteiger partial charge < -0.3 is 14.8 Å². The van der Waals surface area contributed by atoms with E-state index in [2.05, 4.69) is 15.4 Å². The Bertz CT molecular complexity index is 758. The third-order valence-electron chi connectivity index (χ3n) is 4.18. The molecule has 1 aliphatic rings. The van der Waals surface area contributed by atoms with Crippen LogP contribution in [0.2, 0.25) is 0 Å². The molecule has 0 saturated heterocycles. The molecule has 22 heavy (non-hydrogen) atoms. The van der Waals surface area contributed by atoms with Crippen molar-refractivity contribution in [1.82, 2.24) is 14.6 Å². The van der Waals surface area contributed by atoms with Crippen LogP contribution in [0.15, 0.2) is 41.1 Å². The van der Waals surface area contributed by atoms with Crippen LogP contribution in [0.4, 0.5) is 5.82 Å². The molecule has 0 amide bonds. The van der Waals surface area contributed by atoms with E-state index in [-0.39, 0.29) is 6.10 Å². The topological polar surface area (TPSA) is 75.6 Å². The van der Waals surface area contributed by atoms with Gasteiger partial charge in [0.2, 0.25) is 0 Å². The van der Waals surface area contributed by atoms with Crippen LogP contribution < -0.4 is 5.32 Å². The fraction of sp³-hybridized carbons (Fsp3) is 0.375. The molecule has 4 rings (SSSR count). The van der Waals surface area contributed by atoms with Crippen LogP contribution in [0.1, 0.15) is 25.7 Å². The van der Waals surface area contributed by atoms with Crippen LogP contribution >= 0.6 is 0 Å². The molecule has 1 fully saturated rings. The van der Waals surface area contributed by atoms with E-state index in [0.29, 0.717) is 6.04 Å². The van der Waals surface area contributed by atoms with Gasteiger partial charge in [-0.1, -0.05) is 0 Å². The maximum atomic E-state index is 9.58. The number of aliphatic hydroxyl groups is 1. The fourth-order valence-corrected chi connectivity index (χ4v) is 2.97. The summed E-state index contributed by atoms with van der Waals surface area (Å²) >= 11 is 0. The highest BCUT2D eigenvalue weighted by molar-refractivity contribution is 5.58. The highest BCUT2D eigenvalue weighted by Gasteiger charge is 2.19. The molecule has 3 aromatic heterocycles. The smallest absolute Gasteiger partial charge is 0.154 e. The Kier molecular flexibility index (Phi) is 3.31. The third kappa shape index (κ3) is 2.46. The van der Waals surface area contributed by atoms with Crippen LogP contribution in [-0.2, 0) is 0 Å². The quantitative estimate of drug-likeness (QED) is 0.777. The molecule has 6 heteroatoms. The van der Waals surface area contributed by atoms with E-state index in [1.54, 1.807) is 17.0 Å². The molecule has 0 spiro atoms. The van der Waals surface area contributed by atoms with E-state index in [0.717, 1.165) is 48.6 Å². The number of rotatable bonds is 3. The average Bonchev–Trinajstić information content (AvgIpc) is 3.18. The van der Waals surface area contributed by atoms with E-state index in [1.165, 1.54) is 0 Å². The van der Waals surface area contributed by atoms with Gasteiger partial charge in [0, 0.05) is 6.04 Å². The van der Waals surface area contributed by atoms with Crippen molar-refractivity contribution in [2.75, 3.05) is 5.32 Å². The Labute approximate surface area is 127 Å². The van der Waals surface area contributed by atoms with E-state index >= 15 is 0 Å². The van der Waals surface area contributed by atoms with Crippen LogP contribution in [0.3, 0.4) is 0 Å². The summed E-state index contributed by atoms with van der Waals surface area (Å²) in [7, 11) is 0. The van der Waals surface area contributed by atoms with Crippen molar-refractivity contribution < 1.29 is 9.52 Å². The summed E-state index contributed by atoms with van der Waals surface area (Å²) in [5, 5.41) is 17.7. The van der Waals surface area contributed by atoms with Crippen molar-refractivity contribution in [2.45, 2.75) is 37.8 Å². The summed E-state index contributed by atoms with van der Waals surface area (Å²) in [6.45, 7) is 0. The summed E-state index contributed by atoms with van der Waals surface area (Å²) in [4.78, 5) is 4.35. The van der Waals surface area contributed by atoms with E-state index < -0.39 is 0 Å². The lowest BCUT2D eigenvalue weighted by molar-refractivity contribution is 0.126. The first-order valence-corrected chi connectivity index (χ1v) is 7.63. The molecule has 0 atom stereocenters. The number of aliphatic hydroxyl groups excluding tert-OH is 1. The van der Waals surface area contributed by atoms with E-state index in [1.807, 2.05) is 24.3 Å². The lowest BCUT2D eigenvalue weighted by Gasteiger charge is -2.26. The number of hydrogen-bond acceptors (Lipinski definition) is 5. The van der Waals surface area contributed by atoms with Gasteiger partial charge in [-0.2, -0.15) is 0 Å². The predicted octanol–water partition coefficient (Wildman–Crippen LogP) is 2.70. The first-order chi connectivity index (χ1) is 10.8. The van der Waals surface area contributed by atoms with E-state index in [4.69, 9.17) is 4.42 Å². The lowest BCUT2D eigenvalue weighted by Crippen LogP contribution is -2.28. The molecule has 1 aliphatic carbocycles. The SMILES string of the molecule is OC1CCC(Nc2ccc3ncc(-c4ccco4)n3n2)CC1. The lowest BCUT2D eigenvalue weighted by atomic mass is 9.93. The molecule has 0 aliphatic heterocycles. The highest BCUT2D eigenvalue weighted by Crippen LogP contribution is 2.23. The fourth-order valence-electron chi connectivity index (χ4n) is 2.97. The van der Waals surface area contributed by atoms with Gasteiger partial charge in [-0.15, -0.1) is 5.10 Å². The zero-order chi connectivity index (χ0) is 14.9. The number of imidazole rings is 1. The van der Waals surface area contributed by atoms with Crippen molar-refractivity contribution in [3.05, 3.63) is 36.7 Å². The Morgan fingerprint density at radius 2 is 2.05 bits per heavy atom. The normalized spacial score (nSPS) is 22.0. The van der Waals surface area contributed by atoms with Gasteiger partial charge in [-0.05, 0) is 49.9 Å². The largest absolute Gasteiger partial charge is 0.463 e. The summed E-state index contributed by atoms with van der Waals surface area (Å²) in [5.41, 5.74) is 1.62. The van der Waals surface area contributed by atoms with Crippen molar-refractivity contribution >= 4 is 11.5 Å². The van der Waals surface area contributed by atoms with Crippen molar-refractivity contribution in [1.29, 1.82) is 0 Å². The minimum absolute atomic E-state index is 0.146. The zero-order valence-electron chi connectivity index (χ0n) is 12.1. The Hall–Kier alpha value is -2.34. The predicted molar refractivity (Wildman–Crippen MR) is 82.6 cm³/mol. The summed E-state index contributed by atoms with van der Waals surface area (Å²) in [6, 6.07) is 8.00. The molecule has 3 aromatic rings. The second kappa shape index (κ2) is 5.46. The molecule has 0 radical (unpaired) electrons. The molecule has 6 nitrogen and oxygen atoms in total.